The van der Waals surface area contributed by atoms with Gasteiger partial charge in [0, 0.05) is 0 Å². The summed E-state index contributed by atoms with van der Waals surface area (Å²) in [7, 11) is 0. The van der Waals surface area contributed by atoms with Gasteiger partial charge in [0.25, 0.3) is 0 Å². The van der Waals surface area contributed by atoms with Crippen molar-refractivity contribution in [2.45, 2.75) is 78.9 Å². The highest BCUT2D eigenvalue weighted by atomic mass is 16.5. The Morgan fingerprint density at radius 3 is 1.88 bits per heavy atom. The predicted octanol–water partition coefficient (Wildman–Crippen LogP) is 4.96. The average Bonchev–Trinajstić information content (AvgIpc) is 2.13. The smallest absolute Gasteiger partial charge is 0.0718 e. The molecule has 0 amide bonds. The van der Waals surface area contributed by atoms with Gasteiger partial charge in [-0.25, -0.2) is 0 Å². The quantitative estimate of drug-likeness (QED) is 0.581. The van der Waals surface area contributed by atoms with Crippen LogP contribution in [0, 0.1) is 5.92 Å². The van der Waals surface area contributed by atoms with Gasteiger partial charge in [0.2, 0.25) is 0 Å². The summed E-state index contributed by atoms with van der Waals surface area (Å²) in [4.78, 5) is 0. The van der Waals surface area contributed by atoms with Gasteiger partial charge in [0.05, 0.1) is 11.2 Å². The van der Waals surface area contributed by atoms with E-state index >= 15 is 0 Å². The molecule has 0 radical (unpaired) electrons. The van der Waals surface area contributed by atoms with Crippen LogP contribution in [-0.2, 0) is 4.74 Å². The van der Waals surface area contributed by atoms with Crippen molar-refractivity contribution in [3.05, 3.63) is 12.2 Å². The third-order valence-electron chi connectivity index (χ3n) is 2.82. The summed E-state index contributed by atoms with van der Waals surface area (Å²) in [5, 5.41) is 0. The molecule has 0 atom stereocenters. The Balaban J connectivity index is 4.56. The zero-order valence-electron chi connectivity index (χ0n) is 12.3. The van der Waals surface area contributed by atoms with E-state index in [1.165, 1.54) is 0 Å². The molecule has 0 unspecified atom stereocenters. The van der Waals surface area contributed by atoms with E-state index in [0.717, 1.165) is 19.3 Å². The summed E-state index contributed by atoms with van der Waals surface area (Å²) in [6.07, 6.45) is 7.72. The number of ether oxygens (including phenoxy) is 1. The lowest BCUT2D eigenvalue weighted by Crippen LogP contribution is -2.38. The standard InChI is InChI=1S/C15H30O/c1-8-15(9-2,16-14(5,6)7)12-10-11-13(3)4/h10-11,13H,8-9,12H2,1-7H3/b11-10+. The first-order valence-electron chi connectivity index (χ1n) is 6.61. The van der Waals surface area contributed by atoms with Gasteiger partial charge < -0.3 is 4.74 Å². The van der Waals surface area contributed by atoms with Crippen molar-refractivity contribution in [3.8, 4) is 0 Å². The molecule has 0 saturated carbocycles. The summed E-state index contributed by atoms with van der Waals surface area (Å²) >= 11 is 0. The molecule has 0 saturated heterocycles. The fourth-order valence-corrected chi connectivity index (χ4v) is 1.93. The van der Waals surface area contributed by atoms with Crippen LogP contribution in [0.2, 0.25) is 0 Å². The number of allylic oxidation sites excluding steroid dienone is 1. The Labute approximate surface area is 102 Å². The number of hydrogen-bond acceptors (Lipinski definition) is 1. The highest BCUT2D eigenvalue weighted by Gasteiger charge is 2.30. The predicted molar refractivity (Wildman–Crippen MR) is 72.7 cm³/mol. The fraction of sp³-hybridized carbons (Fsp3) is 0.867. The summed E-state index contributed by atoms with van der Waals surface area (Å²) in [5.41, 5.74) is -0.0403. The molecule has 0 N–H and O–H groups in total. The van der Waals surface area contributed by atoms with Crippen LogP contribution in [0.1, 0.15) is 67.7 Å². The van der Waals surface area contributed by atoms with Crippen LogP contribution in [0.3, 0.4) is 0 Å². The molecular weight excluding hydrogens is 196 g/mol. The first-order valence-corrected chi connectivity index (χ1v) is 6.61. The maximum Gasteiger partial charge on any atom is 0.0718 e. The molecule has 0 bridgehead atoms. The van der Waals surface area contributed by atoms with Crippen LogP contribution in [0.5, 0.6) is 0 Å². The number of rotatable bonds is 6. The zero-order valence-corrected chi connectivity index (χ0v) is 12.3. The normalized spacial score (nSPS) is 14.0. The lowest BCUT2D eigenvalue weighted by molar-refractivity contribution is -0.134. The Bertz CT molecular complexity index is 204. The molecular formula is C15H30O. The van der Waals surface area contributed by atoms with Gasteiger partial charge in [-0.05, 0) is 46.0 Å². The van der Waals surface area contributed by atoms with Gasteiger partial charge in [-0.15, -0.1) is 0 Å². The SMILES string of the molecule is CCC(CC)(C/C=C/C(C)C)OC(C)(C)C. The molecule has 1 heteroatoms. The lowest BCUT2D eigenvalue weighted by Gasteiger charge is -2.38. The summed E-state index contributed by atoms with van der Waals surface area (Å²) in [6.45, 7) is 15.3. The van der Waals surface area contributed by atoms with Crippen molar-refractivity contribution in [3.63, 3.8) is 0 Å². The Morgan fingerprint density at radius 1 is 1.06 bits per heavy atom. The van der Waals surface area contributed by atoms with Crippen LogP contribution >= 0.6 is 0 Å². The van der Waals surface area contributed by atoms with Gasteiger partial charge in [0.15, 0.2) is 0 Å². The topological polar surface area (TPSA) is 9.23 Å². The van der Waals surface area contributed by atoms with E-state index in [1.807, 2.05) is 0 Å². The Kier molecular flexibility index (Phi) is 6.32. The minimum atomic E-state index is -0.0578. The second-order valence-electron chi connectivity index (χ2n) is 5.98. The van der Waals surface area contributed by atoms with Crippen LogP contribution in [0.4, 0.5) is 0 Å². The molecule has 16 heavy (non-hydrogen) atoms. The molecule has 0 aromatic heterocycles. The van der Waals surface area contributed by atoms with Gasteiger partial charge in [-0.3, -0.25) is 0 Å². The van der Waals surface area contributed by atoms with Gasteiger partial charge in [0.1, 0.15) is 0 Å². The molecule has 96 valence electrons. The monoisotopic (exact) mass is 226 g/mol. The van der Waals surface area contributed by atoms with Crippen LogP contribution in [0.15, 0.2) is 12.2 Å². The summed E-state index contributed by atoms with van der Waals surface area (Å²) in [6, 6.07) is 0. The van der Waals surface area contributed by atoms with E-state index in [1.54, 1.807) is 0 Å². The molecule has 0 aromatic carbocycles. The van der Waals surface area contributed by atoms with Crippen molar-refractivity contribution in [1.82, 2.24) is 0 Å². The summed E-state index contributed by atoms with van der Waals surface area (Å²) < 4.78 is 6.25. The maximum absolute atomic E-state index is 6.25. The molecule has 0 spiro atoms. The van der Waals surface area contributed by atoms with Crippen LogP contribution in [-0.4, -0.2) is 11.2 Å². The maximum atomic E-state index is 6.25. The van der Waals surface area contributed by atoms with E-state index in [0.29, 0.717) is 5.92 Å². The van der Waals surface area contributed by atoms with E-state index in [4.69, 9.17) is 4.74 Å². The van der Waals surface area contributed by atoms with Crippen LogP contribution in [0.25, 0.3) is 0 Å². The first-order chi connectivity index (χ1) is 7.24. The summed E-state index contributed by atoms with van der Waals surface area (Å²) in [5.74, 6) is 0.626. The number of hydrogen-bond donors (Lipinski definition) is 0. The molecule has 0 heterocycles. The van der Waals surface area contributed by atoms with Crippen molar-refractivity contribution in [2.24, 2.45) is 5.92 Å². The molecule has 0 rings (SSSR count). The Hall–Kier alpha value is -0.300. The van der Waals surface area contributed by atoms with Crippen molar-refractivity contribution in [1.29, 1.82) is 0 Å². The minimum Gasteiger partial charge on any atom is -0.369 e. The zero-order chi connectivity index (χ0) is 12.8. The molecule has 0 fully saturated rings. The van der Waals surface area contributed by atoms with Crippen molar-refractivity contribution in [2.75, 3.05) is 0 Å². The molecule has 0 aromatic rings. The first kappa shape index (κ1) is 15.7. The van der Waals surface area contributed by atoms with E-state index < -0.39 is 0 Å². The highest BCUT2D eigenvalue weighted by molar-refractivity contribution is 4.94. The molecule has 0 aliphatic heterocycles. The van der Waals surface area contributed by atoms with Crippen LogP contribution < -0.4 is 0 Å². The second kappa shape index (κ2) is 6.44. The molecule has 0 aliphatic carbocycles. The third kappa shape index (κ3) is 6.32. The highest BCUT2D eigenvalue weighted by Crippen LogP contribution is 2.30. The molecule has 0 aliphatic rings. The lowest BCUT2D eigenvalue weighted by atomic mass is 9.91. The van der Waals surface area contributed by atoms with Crippen molar-refractivity contribution >= 4 is 0 Å². The van der Waals surface area contributed by atoms with Gasteiger partial charge >= 0.3 is 0 Å². The second-order valence-corrected chi connectivity index (χ2v) is 5.98. The van der Waals surface area contributed by atoms with E-state index in [9.17, 15) is 0 Å². The molecule has 1 nitrogen and oxygen atoms in total. The largest absolute Gasteiger partial charge is 0.369 e. The van der Waals surface area contributed by atoms with Gasteiger partial charge in [-0.2, -0.15) is 0 Å². The Morgan fingerprint density at radius 2 is 1.56 bits per heavy atom. The third-order valence-corrected chi connectivity index (χ3v) is 2.82. The fourth-order valence-electron chi connectivity index (χ4n) is 1.93. The van der Waals surface area contributed by atoms with Crippen molar-refractivity contribution < 1.29 is 4.74 Å². The van der Waals surface area contributed by atoms with E-state index in [2.05, 4.69) is 60.6 Å². The average molecular weight is 226 g/mol. The minimum absolute atomic E-state index is 0.0175. The van der Waals surface area contributed by atoms with Gasteiger partial charge in [-0.1, -0.05) is 39.8 Å². The van der Waals surface area contributed by atoms with E-state index in [-0.39, 0.29) is 11.2 Å².